The second kappa shape index (κ2) is 5.53. The molecule has 0 spiro atoms. The molecule has 0 aromatic carbocycles. The highest BCUT2D eigenvalue weighted by atomic mass is 16.4. The molecule has 0 atom stereocenters. The van der Waals surface area contributed by atoms with Gasteiger partial charge in [0.15, 0.2) is 5.76 Å². The van der Waals surface area contributed by atoms with Crippen LogP contribution in [0, 0.1) is 6.92 Å². The number of furan rings is 1. The minimum Gasteiger partial charge on any atom is -0.459 e. The second-order valence-electron chi connectivity index (χ2n) is 5.82. The molecule has 1 aliphatic rings. The van der Waals surface area contributed by atoms with Crippen molar-refractivity contribution in [3.8, 4) is 11.7 Å². The van der Waals surface area contributed by atoms with Crippen LogP contribution in [0.5, 0.6) is 0 Å². The van der Waals surface area contributed by atoms with Crippen LogP contribution in [-0.2, 0) is 19.4 Å². The van der Waals surface area contributed by atoms with Crippen LogP contribution in [0.15, 0.2) is 38.1 Å². The van der Waals surface area contributed by atoms with Crippen molar-refractivity contribution in [1.82, 2.24) is 14.8 Å². The molecule has 0 aliphatic heterocycles. The highest BCUT2D eigenvalue weighted by Crippen LogP contribution is 2.22. The molecule has 0 amide bonds. The van der Waals surface area contributed by atoms with Gasteiger partial charge >= 0.3 is 0 Å². The van der Waals surface area contributed by atoms with E-state index >= 15 is 0 Å². The highest BCUT2D eigenvalue weighted by molar-refractivity contribution is 5.44. The molecule has 23 heavy (non-hydrogen) atoms. The first-order chi connectivity index (χ1) is 11.2. The Bertz CT molecular complexity index is 890. The number of aromatic nitrogens is 3. The van der Waals surface area contributed by atoms with Gasteiger partial charge in [0.2, 0.25) is 0 Å². The summed E-state index contributed by atoms with van der Waals surface area (Å²) in [5.41, 5.74) is 2.73. The van der Waals surface area contributed by atoms with Crippen LogP contribution < -0.4 is 5.56 Å². The number of hydrogen-bond acceptors (Lipinski definition) is 5. The van der Waals surface area contributed by atoms with E-state index in [1.165, 1.54) is 4.68 Å². The van der Waals surface area contributed by atoms with Crippen molar-refractivity contribution in [2.75, 3.05) is 0 Å². The molecule has 0 saturated carbocycles. The predicted molar refractivity (Wildman–Crippen MR) is 83.2 cm³/mol. The Morgan fingerprint density at radius 1 is 1.30 bits per heavy atom. The third kappa shape index (κ3) is 2.60. The van der Waals surface area contributed by atoms with Crippen LogP contribution in [0.4, 0.5) is 0 Å². The van der Waals surface area contributed by atoms with Crippen molar-refractivity contribution in [2.45, 2.75) is 39.2 Å². The first-order valence-electron chi connectivity index (χ1n) is 7.81. The fourth-order valence-electron chi connectivity index (χ4n) is 2.94. The molecule has 3 heterocycles. The maximum atomic E-state index is 12.3. The molecule has 0 saturated heterocycles. The Hall–Kier alpha value is -2.63. The van der Waals surface area contributed by atoms with Crippen molar-refractivity contribution in [3.63, 3.8) is 0 Å². The molecule has 3 aromatic rings. The number of rotatable bonds is 3. The lowest BCUT2D eigenvalue weighted by Gasteiger charge is -2.15. The van der Waals surface area contributed by atoms with E-state index in [0.29, 0.717) is 29.6 Å². The minimum absolute atomic E-state index is 0.0902. The van der Waals surface area contributed by atoms with E-state index in [1.807, 2.05) is 6.92 Å². The number of hydrogen-bond donors (Lipinski definition) is 0. The van der Waals surface area contributed by atoms with Crippen LogP contribution >= 0.6 is 0 Å². The lowest BCUT2D eigenvalue weighted by Crippen LogP contribution is -2.27. The van der Waals surface area contributed by atoms with E-state index in [4.69, 9.17) is 8.83 Å². The van der Waals surface area contributed by atoms with E-state index in [2.05, 4.69) is 10.1 Å². The molecule has 3 aromatic heterocycles. The monoisotopic (exact) mass is 311 g/mol. The van der Waals surface area contributed by atoms with Crippen LogP contribution in [0.3, 0.4) is 0 Å². The van der Waals surface area contributed by atoms with E-state index in [1.54, 1.807) is 24.5 Å². The van der Waals surface area contributed by atoms with E-state index in [-0.39, 0.29) is 5.56 Å². The summed E-state index contributed by atoms with van der Waals surface area (Å²) in [5.74, 6) is 1.67. The molecule has 6 heteroatoms. The topological polar surface area (TPSA) is 74.1 Å². The zero-order valence-electron chi connectivity index (χ0n) is 12.9. The van der Waals surface area contributed by atoms with Gasteiger partial charge in [-0.15, -0.1) is 0 Å². The van der Waals surface area contributed by atoms with Gasteiger partial charge in [-0.1, -0.05) is 0 Å². The quantitative estimate of drug-likeness (QED) is 0.743. The first kappa shape index (κ1) is 14.0. The summed E-state index contributed by atoms with van der Waals surface area (Å²) in [4.78, 5) is 16.7. The minimum atomic E-state index is -0.0902. The van der Waals surface area contributed by atoms with Gasteiger partial charge in [-0.3, -0.25) is 4.79 Å². The van der Waals surface area contributed by atoms with E-state index in [9.17, 15) is 4.79 Å². The van der Waals surface area contributed by atoms with Crippen molar-refractivity contribution in [2.24, 2.45) is 0 Å². The van der Waals surface area contributed by atoms with Crippen LogP contribution in [-0.4, -0.2) is 14.8 Å². The van der Waals surface area contributed by atoms with Gasteiger partial charge in [0.1, 0.15) is 11.5 Å². The Balaban J connectivity index is 1.67. The summed E-state index contributed by atoms with van der Waals surface area (Å²) >= 11 is 0. The zero-order chi connectivity index (χ0) is 15.8. The van der Waals surface area contributed by atoms with Crippen LogP contribution in [0.25, 0.3) is 11.7 Å². The number of aryl methyl sites for hydroxylation is 3. The average molecular weight is 311 g/mol. The van der Waals surface area contributed by atoms with E-state index < -0.39 is 0 Å². The van der Waals surface area contributed by atoms with Crippen LogP contribution in [0.1, 0.15) is 35.6 Å². The molecule has 1 aliphatic carbocycles. The van der Waals surface area contributed by atoms with Crippen LogP contribution in [0.2, 0.25) is 0 Å². The van der Waals surface area contributed by atoms with Crippen molar-refractivity contribution in [3.05, 3.63) is 57.5 Å². The molecular formula is C17H17N3O3. The first-order valence-corrected chi connectivity index (χ1v) is 7.81. The fourth-order valence-corrected chi connectivity index (χ4v) is 2.94. The lowest BCUT2D eigenvalue weighted by atomic mass is 9.97. The van der Waals surface area contributed by atoms with E-state index in [0.717, 1.165) is 36.9 Å². The molecule has 0 N–H and O–H groups in total. The lowest BCUT2D eigenvalue weighted by molar-refractivity contribution is 0.497. The second-order valence-corrected chi connectivity index (χ2v) is 5.82. The fraction of sp³-hybridized carbons (Fsp3) is 0.353. The molecule has 0 radical (unpaired) electrons. The summed E-state index contributed by atoms with van der Waals surface area (Å²) < 4.78 is 12.4. The Kier molecular flexibility index (Phi) is 3.37. The average Bonchev–Trinajstić information content (AvgIpc) is 3.18. The molecule has 0 fully saturated rings. The van der Waals surface area contributed by atoms with Crippen molar-refractivity contribution in [1.29, 1.82) is 0 Å². The molecule has 118 valence electrons. The normalized spacial score (nSPS) is 14.0. The molecule has 0 bridgehead atoms. The largest absolute Gasteiger partial charge is 0.459 e. The van der Waals surface area contributed by atoms with Gasteiger partial charge in [0, 0.05) is 6.07 Å². The highest BCUT2D eigenvalue weighted by Gasteiger charge is 2.17. The number of fused-ring (bicyclic) bond motifs is 1. The smallest absolute Gasteiger partial charge is 0.267 e. The third-order valence-corrected chi connectivity index (χ3v) is 4.20. The molecular weight excluding hydrogens is 294 g/mol. The molecule has 0 unspecified atom stereocenters. The Morgan fingerprint density at radius 2 is 2.17 bits per heavy atom. The Labute approximate surface area is 132 Å². The Morgan fingerprint density at radius 3 is 3.00 bits per heavy atom. The molecule has 4 rings (SSSR count). The van der Waals surface area contributed by atoms with Gasteiger partial charge in [0.05, 0.1) is 18.5 Å². The third-order valence-electron chi connectivity index (χ3n) is 4.20. The standard InChI is InChI=1S/C17H17N3O3/c1-11-14(18-17(23-11)15-7-4-8-22-15)10-20-16(21)9-12-5-2-3-6-13(12)19-20/h4,7-9H,2-3,5-6,10H2,1H3. The summed E-state index contributed by atoms with van der Waals surface area (Å²) in [6.45, 7) is 2.14. The van der Waals surface area contributed by atoms with Gasteiger partial charge in [-0.25, -0.2) is 9.67 Å². The summed E-state index contributed by atoms with van der Waals surface area (Å²) in [7, 11) is 0. The SMILES string of the molecule is Cc1oc(-c2ccco2)nc1Cn1nc2c(cc1=O)CCCC2. The van der Waals surface area contributed by atoms with Crippen molar-refractivity contribution >= 4 is 0 Å². The molecule has 6 nitrogen and oxygen atoms in total. The van der Waals surface area contributed by atoms with Gasteiger partial charge in [-0.2, -0.15) is 5.10 Å². The maximum Gasteiger partial charge on any atom is 0.267 e. The predicted octanol–water partition coefficient (Wildman–Crippen LogP) is 2.73. The summed E-state index contributed by atoms with van der Waals surface area (Å²) in [6, 6.07) is 5.28. The summed E-state index contributed by atoms with van der Waals surface area (Å²) in [5, 5.41) is 4.52. The summed E-state index contributed by atoms with van der Waals surface area (Å²) in [6.07, 6.45) is 5.72. The maximum absolute atomic E-state index is 12.3. The van der Waals surface area contributed by atoms with Crippen molar-refractivity contribution < 1.29 is 8.83 Å². The van der Waals surface area contributed by atoms with Gasteiger partial charge < -0.3 is 8.83 Å². The zero-order valence-corrected chi connectivity index (χ0v) is 12.9. The van der Waals surface area contributed by atoms with Gasteiger partial charge in [0.25, 0.3) is 11.4 Å². The number of nitrogens with zero attached hydrogens (tertiary/aromatic N) is 3. The number of oxazole rings is 1. The van der Waals surface area contributed by atoms with Gasteiger partial charge in [-0.05, 0) is 50.3 Å².